The normalized spacial score (nSPS) is 10.5. The number of fused-ring (bicyclic) bond motifs is 1. The number of nitrogens with two attached hydrogens (primary N) is 1. The third-order valence-electron chi connectivity index (χ3n) is 3.00. The summed E-state index contributed by atoms with van der Waals surface area (Å²) in [5.74, 6) is 0.372. The summed E-state index contributed by atoms with van der Waals surface area (Å²) < 4.78 is 1.91. The lowest BCUT2D eigenvalue weighted by molar-refractivity contribution is 0.986. The molecule has 7 heteroatoms. The molecule has 0 bridgehead atoms. The Hall–Kier alpha value is -2.49. The molecule has 3 rings (SSSR count). The zero-order chi connectivity index (χ0) is 15.0. The molecule has 0 radical (unpaired) electrons. The lowest BCUT2D eigenvalue weighted by Crippen LogP contribution is -2.08. The molecule has 0 amide bonds. The molecule has 0 aliphatic rings. The zero-order valence-corrected chi connectivity index (χ0v) is 12.2. The van der Waals surface area contributed by atoms with E-state index in [2.05, 4.69) is 9.97 Å². The first-order chi connectivity index (χ1) is 10.1. The minimum Gasteiger partial charge on any atom is -0.384 e. The quantitative estimate of drug-likeness (QED) is 0.551. The van der Waals surface area contributed by atoms with Crippen LogP contribution in [0.4, 0.5) is 5.82 Å². The van der Waals surface area contributed by atoms with Crippen molar-refractivity contribution in [2.45, 2.75) is 0 Å². The van der Waals surface area contributed by atoms with Crippen LogP contribution in [0.15, 0.2) is 36.4 Å². The molecule has 2 N–H and O–H groups in total. The Morgan fingerprint density at radius 3 is 2.62 bits per heavy atom. The van der Waals surface area contributed by atoms with Crippen LogP contribution in [-0.4, -0.2) is 14.5 Å². The second-order valence-electron chi connectivity index (χ2n) is 4.26. The first kappa shape index (κ1) is 13.5. The zero-order valence-electron chi connectivity index (χ0n) is 10.6. The van der Waals surface area contributed by atoms with E-state index in [1.165, 1.54) is 0 Å². The number of benzene rings is 1. The van der Waals surface area contributed by atoms with E-state index in [9.17, 15) is 0 Å². The smallest absolute Gasteiger partial charge is 0.207 e. The second kappa shape index (κ2) is 5.13. The molecule has 2 aromatic heterocycles. The molecule has 0 saturated heterocycles. The van der Waals surface area contributed by atoms with E-state index in [0.29, 0.717) is 16.9 Å². The summed E-state index contributed by atoms with van der Waals surface area (Å²) >= 11 is 11.2. The van der Waals surface area contributed by atoms with Crippen molar-refractivity contribution in [1.82, 2.24) is 14.5 Å². The van der Waals surface area contributed by atoms with Crippen molar-refractivity contribution in [1.29, 1.82) is 5.26 Å². The summed E-state index contributed by atoms with van der Waals surface area (Å²) in [6.07, 6.45) is 0. The molecule has 21 heavy (non-hydrogen) atoms. The summed E-state index contributed by atoms with van der Waals surface area (Å²) in [6.45, 7) is 0. The highest BCUT2D eigenvalue weighted by molar-refractivity contribution is 7.71. The van der Waals surface area contributed by atoms with Gasteiger partial charge in [0, 0.05) is 5.69 Å². The summed E-state index contributed by atoms with van der Waals surface area (Å²) in [5.41, 5.74) is 7.56. The van der Waals surface area contributed by atoms with Gasteiger partial charge in [-0.1, -0.05) is 29.8 Å². The fourth-order valence-electron chi connectivity index (χ4n) is 2.02. The Bertz CT molecular complexity index is 943. The number of rotatable bonds is 1. The van der Waals surface area contributed by atoms with Crippen LogP contribution in [0.2, 0.25) is 5.15 Å². The number of nitrogen functional groups attached to an aromatic ring is 1. The highest BCUT2D eigenvalue weighted by Gasteiger charge is 2.12. The predicted molar refractivity (Wildman–Crippen MR) is 83.8 cm³/mol. The van der Waals surface area contributed by atoms with Crippen molar-refractivity contribution in [2.75, 3.05) is 5.73 Å². The summed E-state index contributed by atoms with van der Waals surface area (Å²) in [4.78, 5) is 8.32. The van der Waals surface area contributed by atoms with Gasteiger partial charge in [-0.3, -0.25) is 4.57 Å². The Morgan fingerprint density at radius 1 is 1.24 bits per heavy atom. The van der Waals surface area contributed by atoms with E-state index in [1.54, 1.807) is 10.6 Å². The number of nitrogens with zero attached hydrogens (tertiary/aromatic N) is 4. The van der Waals surface area contributed by atoms with Gasteiger partial charge < -0.3 is 5.73 Å². The second-order valence-corrected chi connectivity index (χ2v) is 4.98. The molecule has 0 aliphatic heterocycles. The van der Waals surface area contributed by atoms with Gasteiger partial charge in [-0.15, -0.1) is 0 Å². The molecule has 0 aliphatic carbocycles. The third-order valence-corrected chi connectivity index (χ3v) is 3.56. The SMILES string of the molecule is N#Cc1cc2c(N)n(-c3ccccc3)c(=S)nc2nc1Cl. The third kappa shape index (κ3) is 2.23. The number of anilines is 1. The lowest BCUT2D eigenvalue weighted by Gasteiger charge is -2.12. The van der Waals surface area contributed by atoms with Gasteiger partial charge in [-0.25, -0.2) is 4.98 Å². The monoisotopic (exact) mass is 313 g/mol. The van der Waals surface area contributed by atoms with E-state index in [0.717, 1.165) is 5.69 Å². The van der Waals surface area contributed by atoms with E-state index in [1.807, 2.05) is 36.4 Å². The Balaban J connectivity index is 2.41. The molecule has 0 spiro atoms. The van der Waals surface area contributed by atoms with Crippen LogP contribution in [0.5, 0.6) is 0 Å². The standard InChI is InChI=1S/C14H8ClN5S/c15-11-8(7-16)6-10-12(17)20(9-4-2-1-3-5-9)14(21)19-13(10)18-11/h1-6H,17H2. The summed E-state index contributed by atoms with van der Waals surface area (Å²) in [5, 5.41) is 9.67. The first-order valence-electron chi connectivity index (χ1n) is 5.96. The minimum absolute atomic E-state index is 0.0868. The van der Waals surface area contributed by atoms with Crippen molar-refractivity contribution in [2.24, 2.45) is 0 Å². The molecule has 1 aromatic carbocycles. The molecule has 2 heterocycles. The van der Waals surface area contributed by atoms with Gasteiger partial charge in [-0.2, -0.15) is 10.2 Å². The number of hydrogen-bond acceptors (Lipinski definition) is 5. The Morgan fingerprint density at radius 2 is 1.95 bits per heavy atom. The van der Waals surface area contributed by atoms with Crippen LogP contribution in [0, 0.1) is 16.1 Å². The summed E-state index contributed by atoms with van der Waals surface area (Å²) in [7, 11) is 0. The molecule has 0 atom stereocenters. The van der Waals surface area contributed by atoms with Gasteiger partial charge in [-0.05, 0) is 30.4 Å². The van der Waals surface area contributed by atoms with Gasteiger partial charge in [0.15, 0.2) is 5.65 Å². The van der Waals surface area contributed by atoms with Crippen LogP contribution in [0.1, 0.15) is 5.56 Å². The van der Waals surface area contributed by atoms with E-state index in [-0.39, 0.29) is 15.5 Å². The Kier molecular flexibility index (Phi) is 3.29. The van der Waals surface area contributed by atoms with Crippen molar-refractivity contribution in [3.05, 3.63) is 51.9 Å². The molecule has 3 aromatic rings. The van der Waals surface area contributed by atoms with Crippen LogP contribution in [-0.2, 0) is 0 Å². The maximum Gasteiger partial charge on any atom is 0.207 e. The van der Waals surface area contributed by atoms with Gasteiger partial charge in [0.1, 0.15) is 17.0 Å². The first-order valence-corrected chi connectivity index (χ1v) is 6.74. The number of para-hydroxylation sites is 1. The average Bonchev–Trinajstić information content (AvgIpc) is 2.48. The van der Waals surface area contributed by atoms with Crippen molar-refractivity contribution in [3.63, 3.8) is 0 Å². The van der Waals surface area contributed by atoms with E-state index >= 15 is 0 Å². The van der Waals surface area contributed by atoms with Crippen molar-refractivity contribution in [3.8, 4) is 11.8 Å². The van der Waals surface area contributed by atoms with Crippen molar-refractivity contribution < 1.29 is 0 Å². The molecule has 5 nitrogen and oxygen atoms in total. The maximum atomic E-state index is 9.05. The number of pyridine rings is 1. The maximum absolute atomic E-state index is 9.05. The predicted octanol–water partition coefficient (Wildman–Crippen LogP) is 3.26. The van der Waals surface area contributed by atoms with Crippen LogP contribution in [0.3, 0.4) is 0 Å². The fourth-order valence-corrected chi connectivity index (χ4v) is 2.49. The van der Waals surface area contributed by atoms with Gasteiger partial charge in [0.25, 0.3) is 0 Å². The van der Waals surface area contributed by atoms with Crippen LogP contribution >= 0.6 is 23.8 Å². The van der Waals surface area contributed by atoms with Crippen LogP contribution < -0.4 is 5.73 Å². The topological polar surface area (TPSA) is 80.5 Å². The van der Waals surface area contributed by atoms with E-state index in [4.69, 9.17) is 34.8 Å². The van der Waals surface area contributed by atoms with Crippen LogP contribution in [0.25, 0.3) is 16.7 Å². The molecule has 0 fully saturated rings. The van der Waals surface area contributed by atoms with E-state index < -0.39 is 0 Å². The fraction of sp³-hybridized carbons (Fsp3) is 0. The van der Waals surface area contributed by atoms with Crippen molar-refractivity contribution >= 4 is 40.7 Å². The van der Waals surface area contributed by atoms with Gasteiger partial charge in [0.05, 0.1) is 10.9 Å². The molecule has 0 unspecified atom stereocenters. The number of aromatic nitrogens is 3. The number of hydrogen-bond donors (Lipinski definition) is 1. The average molecular weight is 314 g/mol. The highest BCUT2D eigenvalue weighted by atomic mass is 35.5. The van der Waals surface area contributed by atoms with Gasteiger partial charge in [0.2, 0.25) is 4.77 Å². The molecule has 102 valence electrons. The lowest BCUT2D eigenvalue weighted by atomic mass is 10.2. The highest BCUT2D eigenvalue weighted by Crippen LogP contribution is 2.25. The molecular weight excluding hydrogens is 306 g/mol. The molecule has 0 saturated carbocycles. The number of halogens is 1. The number of nitriles is 1. The molecular formula is C14H8ClN5S. The summed E-state index contributed by atoms with van der Waals surface area (Å²) in [6, 6.07) is 12.9. The van der Waals surface area contributed by atoms with Gasteiger partial charge >= 0.3 is 0 Å². The Labute approximate surface area is 130 Å². The largest absolute Gasteiger partial charge is 0.384 e. The minimum atomic E-state index is 0.0868.